The van der Waals surface area contributed by atoms with Crippen molar-refractivity contribution < 1.29 is 67.7 Å². The van der Waals surface area contributed by atoms with Gasteiger partial charge < -0.3 is 75.2 Å². The number of nitrogens with one attached hydrogen (secondary N) is 3. The van der Waals surface area contributed by atoms with Gasteiger partial charge in [-0.1, -0.05) is 134 Å². The van der Waals surface area contributed by atoms with Gasteiger partial charge in [0.2, 0.25) is 70.9 Å². The van der Waals surface area contributed by atoms with Crippen molar-refractivity contribution in [3.8, 4) is 0 Å². The van der Waals surface area contributed by atoms with Gasteiger partial charge in [0.15, 0.2) is 0 Å². The lowest BCUT2D eigenvalue weighted by Crippen LogP contribution is -2.64. The molecule has 2 saturated heterocycles. The summed E-state index contributed by atoms with van der Waals surface area (Å²) >= 11 is 0. The lowest BCUT2D eigenvalue weighted by Gasteiger charge is -2.42. The van der Waals surface area contributed by atoms with E-state index >= 15 is 28.8 Å². The lowest BCUT2D eigenvalue weighted by atomic mass is 9.90. The van der Waals surface area contributed by atoms with E-state index in [1.165, 1.54) is 102 Å². The van der Waals surface area contributed by atoms with Crippen LogP contribution in [-0.4, -0.2) is 279 Å². The molecule has 0 radical (unpaired) electrons. The summed E-state index contributed by atoms with van der Waals surface area (Å²) in [5.41, 5.74) is -2.88. The molecule has 0 aromatic heterocycles. The Morgan fingerprint density at radius 2 is 0.865 bits per heavy atom. The average molecular weight is 1350 g/mol. The molecule has 0 saturated carbocycles. The smallest absolute Gasteiger partial charge is 0.248 e. The minimum absolute atomic E-state index is 0.328. The first-order chi connectivity index (χ1) is 44.3. The van der Waals surface area contributed by atoms with Crippen LogP contribution in [0.1, 0.15) is 142 Å². The van der Waals surface area contributed by atoms with Gasteiger partial charge in [-0.2, -0.15) is 0 Å². The van der Waals surface area contributed by atoms with Gasteiger partial charge in [0.1, 0.15) is 66.1 Å². The predicted octanol–water partition coefficient (Wildman–Crippen LogP) is 2.08. The Hall–Kier alpha value is -7.42. The SMILES string of the molecule is CC[C@H](C)C1C(=O)N(C)CC(=O)N2[C@@H](C[C@@]3(O)c4ccccc4N[C@@H]23)C(=O)N(C)[C@@H](C(C)C)C(=O)N[C@@H]([C@@H](C)CC)C(=O)N(C)[C@@H](C(C)C)C(=O)N(C)[C@@H](C(C)C)C(=O)N(C)CC(=O)N(C)[C@@H](C(C)(C)O)C(=O)N(C)[C@@H]([C@@H](C)CC)C(=O)N(C)CC(=O)N[C@H](C(C)C)C(=O)N1C. The van der Waals surface area contributed by atoms with Crippen molar-refractivity contribution in [3.63, 3.8) is 0 Å². The Morgan fingerprint density at radius 3 is 1.33 bits per heavy atom. The summed E-state index contributed by atoms with van der Waals surface area (Å²) < 4.78 is 0. The zero-order chi connectivity index (χ0) is 73.6. The molecule has 3 aliphatic rings. The fraction of sp³-hybridized carbons (Fsp3) is 0.739. The number of fused-ring (bicyclic) bond motifs is 5. The van der Waals surface area contributed by atoms with E-state index in [1.807, 2.05) is 13.8 Å². The summed E-state index contributed by atoms with van der Waals surface area (Å²) in [5.74, 6) is -12.5. The molecule has 27 nitrogen and oxygen atoms in total. The monoisotopic (exact) mass is 1350 g/mol. The second-order valence-corrected chi connectivity index (χ2v) is 29.3. The molecule has 1 unspecified atom stereocenters. The fourth-order valence-electron chi connectivity index (χ4n) is 14.0. The number of benzene rings is 1. The highest BCUT2D eigenvalue weighted by Crippen LogP contribution is 2.50. The molecule has 0 bridgehead atoms. The van der Waals surface area contributed by atoms with Crippen molar-refractivity contribution >= 4 is 76.6 Å². The van der Waals surface area contributed by atoms with Crippen LogP contribution in [0.2, 0.25) is 0 Å². The third-order valence-electron chi connectivity index (χ3n) is 20.2. The minimum Gasteiger partial charge on any atom is -0.388 e. The molecular formula is C69H115N13O14. The zero-order valence-corrected chi connectivity index (χ0v) is 61.8. The summed E-state index contributed by atoms with van der Waals surface area (Å²) in [7, 11) is 12.4. The van der Waals surface area contributed by atoms with E-state index in [9.17, 15) is 39.0 Å². The molecule has 96 heavy (non-hydrogen) atoms. The van der Waals surface area contributed by atoms with Crippen molar-refractivity contribution in [3.05, 3.63) is 29.8 Å². The third-order valence-corrected chi connectivity index (χ3v) is 20.2. The van der Waals surface area contributed by atoms with Crippen LogP contribution in [0.3, 0.4) is 0 Å². The second-order valence-electron chi connectivity index (χ2n) is 29.3. The van der Waals surface area contributed by atoms with Crippen LogP contribution in [0.25, 0.3) is 0 Å². The van der Waals surface area contributed by atoms with Crippen molar-refractivity contribution in [1.82, 2.24) is 59.6 Å². The number of aliphatic hydroxyl groups is 2. The molecule has 4 rings (SSSR count). The van der Waals surface area contributed by atoms with Crippen LogP contribution in [0.15, 0.2) is 24.3 Å². The summed E-state index contributed by atoms with van der Waals surface area (Å²) in [6.45, 7) is 25.1. The van der Waals surface area contributed by atoms with Crippen molar-refractivity contribution in [2.45, 2.75) is 208 Å². The van der Waals surface area contributed by atoms with Gasteiger partial charge in [0.05, 0.1) is 25.2 Å². The maximum atomic E-state index is 15.4. The van der Waals surface area contributed by atoms with E-state index < -0.39 is 204 Å². The molecule has 3 heterocycles. The number of nitrogens with zero attached hydrogens (tertiary/aromatic N) is 10. The van der Waals surface area contributed by atoms with Crippen molar-refractivity contribution in [2.24, 2.45) is 41.4 Å². The highest BCUT2D eigenvalue weighted by molar-refractivity contribution is 6.00. The molecule has 5 N–H and O–H groups in total. The average Bonchev–Trinajstić information content (AvgIpc) is 1.55. The number of anilines is 1. The number of carbonyl (C=O) groups excluding carboxylic acids is 12. The standard InChI is InChI=1S/C69H115N13O14/c1-26-41(12)51-61(89)78(22)54(40(10)11)65(93)79(23)53(39(8)9)62(90)74(18)35-48(84)76(20)57(68(15,16)95)66(94)81(25)56(43(14)28-3)63(91)73(17)34-47(83)71-50(37(4)5)60(88)80(24)55(42(13)27-2)64(92)75(19)36-49(85)82-46(59(87)77(21)52(38(6)7)58(86)72-51)33-69(96)44-31-29-30-32-45(44)70-67(69)82/h29-32,37-43,46,50-57,67,70,95-96H,26-28,33-36H2,1-25H3,(H,71,83)(H,72,86)/t41-,42-,43-,46-,50+,51-,52-,53-,54-,55?,56-,57+,67-,69+/m0/s1. The molecule has 0 aliphatic carbocycles. The largest absolute Gasteiger partial charge is 0.388 e. The lowest BCUT2D eigenvalue weighted by molar-refractivity contribution is -0.160. The van der Waals surface area contributed by atoms with Crippen molar-refractivity contribution in [2.75, 3.05) is 88.4 Å². The van der Waals surface area contributed by atoms with Crippen LogP contribution in [0, 0.1) is 41.4 Å². The Morgan fingerprint density at radius 1 is 0.458 bits per heavy atom. The van der Waals surface area contributed by atoms with Gasteiger partial charge in [0.25, 0.3) is 0 Å². The van der Waals surface area contributed by atoms with Gasteiger partial charge in [-0.05, 0) is 61.3 Å². The quantitative estimate of drug-likeness (QED) is 0.212. The first kappa shape index (κ1) is 81.0. The topological polar surface area (TPSA) is 314 Å². The Kier molecular flexibility index (Phi) is 27.6. The summed E-state index contributed by atoms with van der Waals surface area (Å²) in [6, 6.07) is -4.93. The molecule has 3 aliphatic heterocycles. The van der Waals surface area contributed by atoms with Crippen LogP contribution >= 0.6 is 0 Å². The molecule has 540 valence electrons. The zero-order valence-electron chi connectivity index (χ0n) is 61.8. The summed E-state index contributed by atoms with van der Waals surface area (Å²) in [6.07, 6.45) is -0.450. The first-order valence-electron chi connectivity index (χ1n) is 33.9. The fourth-order valence-corrected chi connectivity index (χ4v) is 14.0. The number of likely N-dealkylation sites (N-methyl/N-ethyl adjacent to an activating group) is 9. The molecule has 2 fully saturated rings. The van der Waals surface area contributed by atoms with Gasteiger partial charge >= 0.3 is 0 Å². The normalized spacial score (nSPS) is 28.5. The maximum Gasteiger partial charge on any atom is 0.248 e. The summed E-state index contributed by atoms with van der Waals surface area (Å²) in [5, 5.41) is 33.4. The van der Waals surface area contributed by atoms with Gasteiger partial charge in [-0.15, -0.1) is 0 Å². The number of para-hydroxylation sites is 1. The Labute approximate surface area is 569 Å². The maximum absolute atomic E-state index is 15.4. The van der Waals surface area contributed by atoms with Crippen LogP contribution in [-0.2, 0) is 63.1 Å². The van der Waals surface area contributed by atoms with E-state index in [1.54, 1.807) is 107 Å². The minimum atomic E-state index is -1.95. The molecule has 14 atom stereocenters. The van der Waals surface area contributed by atoms with Crippen molar-refractivity contribution in [1.29, 1.82) is 0 Å². The Balaban J connectivity index is 1.94. The van der Waals surface area contributed by atoms with E-state index in [4.69, 9.17) is 0 Å². The van der Waals surface area contributed by atoms with Crippen LogP contribution < -0.4 is 16.0 Å². The highest BCUT2D eigenvalue weighted by Gasteiger charge is 2.61. The molecule has 27 heteroatoms. The molecule has 1 aromatic rings. The van der Waals surface area contributed by atoms with Gasteiger partial charge in [0, 0.05) is 81.1 Å². The van der Waals surface area contributed by atoms with E-state index in [0.717, 1.165) is 24.5 Å². The van der Waals surface area contributed by atoms with Crippen LogP contribution in [0.5, 0.6) is 0 Å². The number of hydrogen-bond acceptors (Lipinski definition) is 15. The van der Waals surface area contributed by atoms with Gasteiger partial charge in [-0.25, -0.2) is 0 Å². The second kappa shape index (κ2) is 32.8. The Bertz CT molecular complexity index is 3030. The van der Waals surface area contributed by atoms with Gasteiger partial charge in [-0.3, -0.25) is 57.5 Å². The van der Waals surface area contributed by atoms with Crippen LogP contribution in [0.4, 0.5) is 5.69 Å². The molecule has 12 amide bonds. The summed E-state index contributed by atoms with van der Waals surface area (Å²) in [4.78, 5) is 190. The molecule has 0 spiro atoms. The third kappa shape index (κ3) is 17.1. The number of carbonyl (C=O) groups is 12. The van der Waals surface area contributed by atoms with E-state index in [0.29, 0.717) is 30.5 Å². The molecule has 1 aromatic carbocycles. The first-order valence-corrected chi connectivity index (χ1v) is 33.9. The highest BCUT2D eigenvalue weighted by atomic mass is 16.3. The van der Waals surface area contributed by atoms with E-state index in [-0.39, 0.29) is 6.42 Å². The van der Waals surface area contributed by atoms with E-state index in [2.05, 4.69) is 16.0 Å². The molecular weight excluding hydrogens is 1230 g/mol. The predicted molar refractivity (Wildman–Crippen MR) is 363 cm³/mol. The number of amides is 12. The number of hydrogen-bond donors (Lipinski definition) is 5. The number of rotatable bonds is 11.